The highest BCUT2D eigenvalue weighted by atomic mass is 19.1. The van der Waals surface area contributed by atoms with E-state index in [0.717, 1.165) is 12.0 Å². The van der Waals surface area contributed by atoms with E-state index in [1.807, 2.05) is 6.07 Å². The third-order valence-electron chi connectivity index (χ3n) is 3.64. The first-order chi connectivity index (χ1) is 9.13. The van der Waals surface area contributed by atoms with Crippen molar-refractivity contribution in [2.24, 2.45) is 0 Å². The molecule has 0 spiro atoms. The van der Waals surface area contributed by atoms with Crippen LogP contribution in [0.2, 0.25) is 0 Å². The second kappa shape index (κ2) is 4.50. The molecule has 1 aliphatic rings. The Kier molecular flexibility index (Phi) is 2.81. The molecular formula is C14H13FN2O2. The van der Waals surface area contributed by atoms with E-state index in [9.17, 15) is 14.0 Å². The van der Waals surface area contributed by atoms with Gasteiger partial charge in [-0.2, -0.15) is 0 Å². The zero-order valence-electron chi connectivity index (χ0n) is 10.2. The van der Waals surface area contributed by atoms with Gasteiger partial charge < -0.3 is 4.98 Å². The van der Waals surface area contributed by atoms with Gasteiger partial charge in [0.2, 0.25) is 0 Å². The Hall–Kier alpha value is -2.17. The summed E-state index contributed by atoms with van der Waals surface area (Å²) in [5.41, 5.74) is 1.42. The fraction of sp³-hybridized carbons (Fsp3) is 0.286. The molecule has 5 heteroatoms. The third-order valence-corrected chi connectivity index (χ3v) is 3.64. The lowest BCUT2D eigenvalue weighted by molar-refractivity contribution is 0.557. The van der Waals surface area contributed by atoms with Crippen LogP contribution in [0.25, 0.3) is 0 Å². The van der Waals surface area contributed by atoms with Gasteiger partial charge in [0.15, 0.2) is 0 Å². The zero-order valence-corrected chi connectivity index (χ0v) is 10.2. The standard InChI is InChI=1S/C14H13FN2O2/c15-10-3-1-2-8(6-10)9-4-5-12-11(7-9)13(18)17-14(19)16-12/h1-3,6,9H,4-5,7H2,(H2,16,17,18,19). The van der Waals surface area contributed by atoms with E-state index in [0.29, 0.717) is 24.1 Å². The summed E-state index contributed by atoms with van der Waals surface area (Å²) in [5.74, 6) is -0.145. The predicted octanol–water partition coefficient (Wildman–Crippen LogP) is 1.47. The van der Waals surface area contributed by atoms with E-state index < -0.39 is 5.69 Å². The maximum atomic E-state index is 13.2. The summed E-state index contributed by atoms with van der Waals surface area (Å²) in [4.78, 5) is 27.9. The molecule has 4 nitrogen and oxygen atoms in total. The topological polar surface area (TPSA) is 65.7 Å². The molecule has 3 rings (SSSR count). The van der Waals surface area contributed by atoms with Crippen LogP contribution in [0.1, 0.15) is 29.2 Å². The van der Waals surface area contributed by atoms with E-state index in [1.54, 1.807) is 6.07 Å². The molecule has 1 aromatic heterocycles. The number of hydrogen-bond donors (Lipinski definition) is 2. The normalized spacial score (nSPS) is 18.1. The number of nitrogens with one attached hydrogen (secondary N) is 2. The van der Waals surface area contributed by atoms with Crippen LogP contribution in [-0.2, 0) is 12.8 Å². The fourth-order valence-corrected chi connectivity index (χ4v) is 2.70. The van der Waals surface area contributed by atoms with E-state index in [4.69, 9.17) is 0 Å². The summed E-state index contributed by atoms with van der Waals surface area (Å²) in [6.45, 7) is 0. The largest absolute Gasteiger partial charge is 0.325 e. The maximum Gasteiger partial charge on any atom is 0.325 e. The van der Waals surface area contributed by atoms with Gasteiger partial charge in [0, 0.05) is 11.3 Å². The minimum atomic E-state index is -0.465. The van der Waals surface area contributed by atoms with Gasteiger partial charge in [0.1, 0.15) is 5.82 Å². The summed E-state index contributed by atoms with van der Waals surface area (Å²) >= 11 is 0. The third kappa shape index (κ3) is 2.23. The highest BCUT2D eigenvalue weighted by Crippen LogP contribution is 2.30. The molecule has 0 radical (unpaired) electrons. The lowest BCUT2D eigenvalue weighted by Gasteiger charge is -2.23. The molecule has 0 fully saturated rings. The van der Waals surface area contributed by atoms with E-state index in [-0.39, 0.29) is 17.3 Å². The highest BCUT2D eigenvalue weighted by molar-refractivity contribution is 5.28. The van der Waals surface area contributed by atoms with Gasteiger partial charge in [-0.05, 0) is 42.9 Å². The molecule has 1 aliphatic carbocycles. The first-order valence-electron chi connectivity index (χ1n) is 6.23. The number of fused-ring (bicyclic) bond motifs is 1. The van der Waals surface area contributed by atoms with Gasteiger partial charge in [-0.1, -0.05) is 12.1 Å². The van der Waals surface area contributed by atoms with Crippen molar-refractivity contribution < 1.29 is 4.39 Å². The van der Waals surface area contributed by atoms with Crippen molar-refractivity contribution in [3.8, 4) is 0 Å². The molecule has 1 aromatic carbocycles. The molecule has 2 aromatic rings. The van der Waals surface area contributed by atoms with Crippen LogP contribution in [0.4, 0.5) is 4.39 Å². The van der Waals surface area contributed by atoms with Crippen LogP contribution in [0.15, 0.2) is 33.9 Å². The molecule has 0 aliphatic heterocycles. The van der Waals surface area contributed by atoms with Crippen LogP contribution in [0, 0.1) is 5.82 Å². The van der Waals surface area contributed by atoms with Crippen LogP contribution in [0.3, 0.4) is 0 Å². The number of rotatable bonds is 1. The van der Waals surface area contributed by atoms with Gasteiger partial charge in [0.05, 0.1) is 0 Å². The van der Waals surface area contributed by atoms with E-state index in [1.165, 1.54) is 12.1 Å². The zero-order chi connectivity index (χ0) is 13.4. The van der Waals surface area contributed by atoms with Gasteiger partial charge in [-0.15, -0.1) is 0 Å². The molecule has 1 heterocycles. The highest BCUT2D eigenvalue weighted by Gasteiger charge is 2.23. The summed E-state index contributed by atoms with van der Waals surface area (Å²) in [5, 5.41) is 0. The van der Waals surface area contributed by atoms with Crippen LogP contribution in [-0.4, -0.2) is 9.97 Å². The smallest absolute Gasteiger partial charge is 0.311 e. The first kappa shape index (κ1) is 11.9. The molecule has 1 atom stereocenters. The minimum Gasteiger partial charge on any atom is -0.311 e. The Morgan fingerprint density at radius 1 is 1.21 bits per heavy atom. The van der Waals surface area contributed by atoms with Gasteiger partial charge in [-0.25, -0.2) is 9.18 Å². The quantitative estimate of drug-likeness (QED) is 0.815. The number of H-pyrrole nitrogens is 2. The summed E-state index contributed by atoms with van der Waals surface area (Å²) in [7, 11) is 0. The Morgan fingerprint density at radius 3 is 2.84 bits per heavy atom. The van der Waals surface area contributed by atoms with Crippen LogP contribution in [0.5, 0.6) is 0 Å². The molecule has 0 bridgehead atoms. The molecule has 0 amide bonds. The number of hydrogen-bond acceptors (Lipinski definition) is 2. The monoisotopic (exact) mass is 260 g/mol. The van der Waals surface area contributed by atoms with Crippen molar-refractivity contribution in [1.82, 2.24) is 9.97 Å². The molecule has 98 valence electrons. The average Bonchev–Trinajstić information content (AvgIpc) is 2.38. The van der Waals surface area contributed by atoms with Crippen molar-refractivity contribution in [1.29, 1.82) is 0 Å². The molecule has 0 saturated heterocycles. The second-order valence-electron chi connectivity index (χ2n) is 4.86. The maximum absolute atomic E-state index is 13.2. The molecular weight excluding hydrogens is 247 g/mol. The van der Waals surface area contributed by atoms with Gasteiger partial charge in [-0.3, -0.25) is 9.78 Å². The number of halogens is 1. The molecule has 2 N–H and O–H groups in total. The minimum absolute atomic E-state index is 0.121. The Labute approximate surface area is 108 Å². The number of aromatic amines is 2. The van der Waals surface area contributed by atoms with Crippen molar-refractivity contribution >= 4 is 0 Å². The van der Waals surface area contributed by atoms with Crippen molar-refractivity contribution in [3.63, 3.8) is 0 Å². The van der Waals surface area contributed by atoms with Gasteiger partial charge in [0.25, 0.3) is 5.56 Å². The van der Waals surface area contributed by atoms with Crippen molar-refractivity contribution in [2.75, 3.05) is 0 Å². The average molecular weight is 260 g/mol. The molecule has 1 unspecified atom stereocenters. The molecule has 0 saturated carbocycles. The Balaban J connectivity index is 1.99. The Bertz CT molecular complexity index is 733. The Morgan fingerprint density at radius 2 is 2.05 bits per heavy atom. The van der Waals surface area contributed by atoms with Crippen LogP contribution >= 0.6 is 0 Å². The number of benzene rings is 1. The van der Waals surface area contributed by atoms with E-state index >= 15 is 0 Å². The van der Waals surface area contributed by atoms with Crippen molar-refractivity contribution in [2.45, 2.75) is 25.2 Å². The number of aryl methyl sites for hydroxylation is 1. The SMILES string of the molecule is O=c1[nH]c2c(c(=O)[nH]1)CC(c1cccc(F)c1)CC2. The fourth-order valence-electron chi connectivity index (χ4n) is 2.70. The second-order valence-corrected chi connectivity index (χ2v) is 4.86. The van der Waals surface area contributed by atoms with Gasteiger partial charge >= 0.3 is 5.69 Å². The lowest BCUT2D eigenvalue weighted by atomic mass is 9.82. The van der Waals surface area contributed by atoms with E-state index in [2.05, 4.69) is 9.97 Å². The molecule has 19 heavy (non-hydrogen) atoms. The van der Waals surface area contributed by atoms with Crippen LogP contribution < -0.4 is 11.2 Å². The summed E-state index contributed by atoms with van der Waals surface area (Å²) in [6, 6.07) is 6.47. The summed E-state index contributed by atoms with van der Waals surface area (Å²) < 4.78 is 13.2. The first-order valence-corrected chi connectivity index (χ1v) is 6.23. The predicted molar refractivity (Wildman–Crippen MR) is 68.8 cm³/mol. The summed E-state index contributed by atoms with van der Waals surface area (Å²) in [6.07, 6.45) is 1.97. The lowest BCUT2D eigenvalue weighted by Crippen LogP contribution is -2.31. The van der Waals surface area contributed by atoms with Crippen molar-refractivity contribution in [3.05, 3.63) is 67.7 Å². The number of aromatic nitrogens is 2.